The summed E-state index contributed by atoms with van der Waals surface area (Å²) < 4.78 is 5.34. The van der Waals surface area contributed by atoms with Gasteiger partial charge < -0.3 is 9.84 Å². The second kappa shape index (κ2) is 6.60. The van der Waals surface area contributed by atoms with E-state index in [0.717, 1.165) is 23.3 Å². The van der Waals surface area contributed by atoms with Crippen molar-refractivity contribution in [1.29, 1.82) is 0 Å². The van der Waals surface area contributed by atoms with Gasteiger partial charge in [-0.25, -0.2) is 0 Å². The van der Waals surface area contributed by atoms with E-state index in [1.807, 2.05) is 48.5 Å². The Bertz CT molecular complexity index is 523. The molecule has 0 bridgehead atoms. The number of hydrogen-bond donors (Lipinski definition) is 1. The van der Waals surface area contributed by atoms with Crippen LogP contribution in [0.25, 0.3) is 0 Å². The number of para-hydroxylation sites is 1. The van der Waals surface area contributed by atoms with Crippen LogP contribution in [-0.2, 0) is 6.42 Å². The van der Waals surface area contributed by atoms with E-state index < -0.39 is 0 Å². The molecule has 100 valence electrons. The average Bonchev–Trinajstić information content (AvgIpc) is 2.46. The number of halogens is 1. The minimum atomic E-state index is 0.0496. The van der Waals surface area contributed by atoms with E-state index in [1.165, 1.54) is 0 Å². The standard InChI is InChI=1S/C16H17ClO2/c1-19-16-5-3-2-4-13(16)10-14(11-18)12-6-8-15(17)9-7-12/h2-9,14,18H,10-11H2,1H3. The lowest BCUT2D eigenvalue weighted by molar-refractivity contribution is 0.263. The van der Waals surface area contributed by atoms with E-state index in [1.54, 1.807) is 7.11 Å². The minimum Gasteiger partial charge on any atom is -0.496 e. The van der Waals surface area contributed by atoms with Gasteiger partial charge in [-0.3, -0.25) is 0 Å². The van der Waals surface area contributed by atoms with Crippen LogP contribution in [0.2, 0.25) is 5.02 Å². The maximum Gasteiger partial charge on any atom is 0.122 e. The van der Waals surface area contributed by atoms with Crippen LogP contribution < -0.4 is 4.74 Å². The third kappa shape index (κ3) is 3.49. The summed E-state index contributed by atoms with van der Waals surface area (Å²) in [7, 11) is 1.66. The minimum absolute atomic E-state index is 0.0496. The molecule has 3 heteroatoms. The summed E-state index contributed by atoms with van der Waals surface area (Å²) in [5.41, 5.74) is 2.18. The summed E-state index contributed by atoms with van der Waals surface area (Å²) in [6, 6.07) is 15.5. The van der Waals surface area contributed by atoms with Crippen molar-refractivity contribution < 1.29 is 9.84 Å². The van der Waals surface area contributed by atoms with Crippen molar-refractivity contribution in [2.45, 2.75) is 12.3 Å². The molecule has 1 atom stereocenters. The van der Waals surface area contributed by atoms with E-state index in [9.17, 15) is 5.11 Å². The summed E-state index contributed by atoms with van der Waals surface area (Å²) in [5, 5.41) is 10.3. The molecular weight excluding hydrogens is 260 g/mol. The molecule has 0 aliphatic rings. The second-order valence-electron chi connectivity index (χ2n) is 4.45. The Morgan fingerprint density at radius 2 is 1.79 bits per heavy atom. The Morgan fingerprint density at radius 3 is 2.42 bits per heavy atom. The van der Waals surface area contributed by atoms with Crippen LogP contribution in [-0.4, -0.2) is 18.8 Å². The van der Waals surface area contributed by atoms with Crippen LogP contribution in [0.4, 0.5) is 0 Å². The van der Waals surface area contributed by atoms with Gasteiger partial charge in [-0.15, -0.1) is 0 Å². The molecular formula is C16H17ClO2. The van der Waals surface area contributed by atoms with Crippen LogP contribution in [0.3, 0.4) is 0 Å². The SMILES string of the molecule is COc1ccccc1CC(CO)c1ccc(Cl)cc1. The largest absolute Gasteiger partial charge is 0.496 e. The molecule has 0 radical (unpaired) electrons. The highest BCUT2D eigenvalue weighted by molar-refractivity contribution is 6.30. The van der Waals surface area contributed by atoms with E-state index in [4.69, 9.17) is 16.3 Å². The molecule has 0 aromatic heterocycles. The van der Waals surface area contributed by atoms with Crippen molar-refractivity contribution in [1.82, 2.24) is 0 Å². The summed E-state index contributed by atoms with van der Waals surface area (Å²) in [5.74, 6) is 0.906. The zero-order chi connectivity index (χ0) is 13.7. The summed E-state index contributed by atoms with van der Waals surface area (Å²) in [4.78, 5) is 0. The van der Waals surface area contributed by atoms with Gasteiger partial charge in [-0.1, -0.05) is 41.9 Å². The van der Waals surface area contributed by atoms with Crippen molar-refractivity contribution in [3.63, 3.8) is 0 Å². The predicted molar refractivity (Wildman–Crippen MR) is 78.0 cm³/mol. The van der Waals surface area contributed by atoms with Gasteiger partial charge in [0.1, 0.15) is 5.75 Å². The van der Waals surface area contributed by atoms with E-state index in [0.29, 0.717) is 5.02 Å². The molecule has 0 fully saturated rings. The first-order valence-corrected chi connectivity index (χ1v) is 6.60. The first-order chi connectivity index (χ1) is 9.24. The van der Waals surface area contributed by atoms with Gasteiger partial charge in [0.15, 0.2) is 0 Å². The molecule has 1 N–H and O–H groups in total. The summed E-state index contributed by atoms with van der Waals surface area (Å²) in [6.07, 6.45) is 0.738. The molecule has 0 aliphatic carbocycles. The Hall–Kier alpha value is -1.51. The van der Waals surface area contributed by atoms with Gasteiger partial charge in [0.2, 0.25) is 0 Å². The molecule has 2 aromatic rings. The highest BCUT2D eigenvalue weighted by Crippen LogP contribution is 2.26. The molecule has 0 heterocycles. The lowest BCUT2D eigenvalue weighted by Crippen LogP contribution is -2.08. The Labute approximate surface area is 118 Å². The van der Waals surface area contributed by atoms with Gasteiger partial charge in [-0.05, 0) is 35.7 Å². The van der Waals surface area contributed by atoms with E-state index in [2.05, 4.69) is 0 Å². The molecule has 2 nitrogen and oxygen atoms in total. The van der Waals surface area contributed by atoms with E-state index >= 15 is 0 Å². The van der Waals surface area contributed by atoms with E-state index in [-0.39, 0.29) is 12.5 Å². The number of ether oxygens (including phenoxy) is 1. The Balaban J connectivity index is 2.21. The molecule has 2 aromatic carbocycles. The number of methoxy groups -OCH3 is 1. The second-order valence-corrected chi connectivity index (χ2v) is 4.88. The number of aliphatic hydroxyl groups excluding tert-OH is 1. The molecule has 1 unspecified atom stereocenters. The topological polar surface area (TPSA) is 29.5 Å². The van der Waals surface area contributed by atoms with Crippen molar-refractivity contribution >= 4 is 11.6 Å². The molecule has 0 aliphatic heterocycles. The fraction of sp³-hybridized carbons (Fsp3) is 0.250. The summed E-state index contributed by atoms with van der Waals surface area (Å²) >= 11 is 5.88. The van der Waals surface area contributed by atoms with Crippen LogP contribution in [0, 0.1) is 0 Å². The normalized spacial score (nSPS) is 12.2. The zero-order valence-electron chi connectivity index (χ0n) is 10.8. The zero-order valence-corrected chi connectivity index (χ0v) is 11.6. The van der Waals surface area contributed by atoms with Crippen LogP contribution in [0.1, 0.15) is 17.0 Å². The predicted octanol–water partition coefficient (Wildman–Crippen LogP) is 3.67. The molecule has 0 amide bonds. The van der Waals surface area contributed by atoms with Gasteiger partial charge >= 0.3 is 0 Å². The fourth-order valence-corrected chi connectivity index (χ4v) is 2.29. The fourth-order valence-electron chi connectivity index (χ4n) is 2.16. The molecule has 0 saturated heterocycles. The number of aliphatic hydroxyl groups is 1. The number of hydrogen-bond acceptors (Lipinski definition) is 2. The third-order valence-electron chi connectivity index (χ3n) is 3.22. The number of rotatable bonds is 5. The Morgan fingerprint density at radius 1 is 1.11 bits per heavy atom. The first-order valence-electron chi connectivity index (χ1n) is 6.23. The molecule has 19 heavy (non-hydrogen) atoms. The highest BCUT2D eigenvalue weighted by Gasteiger charge is 2.13. The van der Waals surface area contributed by atoms with Crippen molar-refractivity contribution in [3.8, 4) is 5.75 Å². The molecule has 2 rings (SSSR count). The monoisotopic (exact) mass is 276 g/mol. The lowest BCUT2D eigenvalue weighted by Gasteiger charge is -2.16. The maximum atomic E-state index is 9.60. The van der Waals surface area contributed by atoms with Crippen LogP contribution in [0.5, 0.6) is 5.75 Å². The van der Waals surface area contributed by atoms with Gasteiger partial charge in [0, 0.05) is 10.9 Å². The van der Waals surface area contributed by atoms with Gasteiger partial charge in [0.05, 0.1) is 13.7 Å². The van der Waals surface area contributed by atoms with Crippen molar-refractivity contribution in [2.24, 2.45) is 0 Å². The summed E-state index contributed by atoms with van der Waals surface area (Å²) in [6.45, 7) is 0.0969. The van der Waals surface area contributed by atoms with Gasteiger partial charge in [0.25, 0.3) is 0 Å². The Kier molecular flexibility index (Phi) is 4.83. The lowest BCUT2D eigenvalue weighted by atomic mass is 9.92. The molecule has 0 saturated carbocycles. The van der Waals surface area contributed by atoms with Crippen molar-refractivity contribution in [3.05, 3.63) is 64.7 Å². The average molecular weight is 277 g/mol. The quantitative estimate of drug-likeness (QED) is 0.903. The van der Waals surface area contributed by atoms with Crippen molar-refractivity contribution in [2.75, 3.05) is 13.7 Å². The van der Waals surface area contributed by atoms with Crippen LogP contribution >= 0.6 is 11.6 Å². The smallest absolute Gasteiger partial charge is 0.122 e. The molecule has 0 spiro atoms. The third-order valence-corrected chi connectivity index (χ3v) is 3.47. The van der Waals surface area contributed by atoms with Crippen LogP contribution in [0.15, 0.2) is 48.5 Å². The highest BCUT2D eigenvalue weighted by atomic mass is 35.5. The first kappa shape index (κ1) is 13.9. The number of benzene rings is 2. The maximum absolute atomic E-state index is 9.60. The van der Waals surface area contributed by atoms with Gasteiger partial charge in [-0.2, -0.15) is 0 Å².